The van der Waals surface area contributed by atoms with Crippen LogP contribution in [0.1, 0.15) is 22.6 Å². The van der Waals surface area contributed by atoms with E-state index in [4.69, 9.17) is 9.78 Å². The van der Waals surface area contributed by atoms with Crippen molar-refractivity contribution in [2.45, 2.75) is 25.8 Å². The standard InChI is InChI=1S/C17H16F3N3O3S/c1-10-14(11(2)26-23-10)7-27-8-16(24)22-13-3-4-15(12(5-13)6-21)25-9-17(18,19)20/h3-5H,7-9H2,1-2H3,(H,22,24). The van der Waals surface area contributed by atoms with E-state index < -0.39 is 12.8 Å². The molecule has 0 saturated carbocycles. The molecule has 1 N–H and O–H groups in total. The van der Waals surface area contributed by atoms with Crippen LogP contribution < -0.4 is 10.1 Å². The largest absolute Gasteiger partial charge is 0.483 e. The highest BCUT2D eigenvalue weighted by Gasteiger charge is 2.28. The fourth-order valence-electron chi connectivity index (χ4n) is 2.13. The monoisotopic (exact) mass is 399 g/mol. The average Bonchev–Trinajstić information content (AvgIpc) is 2.91. The summed E-state index contributed by atoms with van der Waals surface area (Å²) in [6.07, 6.45) is -4.50. The summed E-state index contributed by atoms with van der Waals surface area (Å²) in [5.41, 5.74) is 1.91. The van der Waals surface area contributed by atoms with Crippen molar-refractivity contribution < 1.29 is 27.2 Å². The number of halogens is 3. The molecule has 0 radical (unpaired) electrons. The number of hydrogen-bond acceptors (Lipinski definition) is 6. The summed E-state index contributed by atoms with van der Waals surface area (Å²) >= 11 is 1.36. The van der Waals surface area contributed by atoms with E-state index in [-0.39, 0.29) is 23.0 Å². The number of nitrogens with zero attached hydrogens (tertiary/aromatic N) is 2. The van der Waals surface area contributed by atoms with E-state index in [9.17, 15) is 18.0 Å². The minimum atomic E-state index is -4.50. The molecule has 0 bridgehead atoms. The molecule has 0 fully saturated rings. The van der Waals surface area contributed by atoms with Crippen LogP contribution in [0.2, 0.25) is 0 Å². The van der Waals surface area contributed by atoms with E-state index >= 15 is 0 Å². The highest BCUT2D eigenvalue weighted by atomic mass is 32.2. The Morgan fingerprint density at radius 1 is 1.41 bits per heavy atom. The molecule has 1 aromatic heterocycles. The van der Waals surface area contributed by atoms with Crippen molar-refractivity contribution in [3.05, 3.63) is 40.8 Å². The van der Waals surface area contributed by atoms with Crippen LogP contribution in [0.15, 0.2) is 22.7 Å². The first-order valence-corrected chi connectivity index (χ1v) is 8.88. The van der Waals surface area contributed by atoms with Gasteiger partial charge in [0.25, 0.3) is 0 Å². The lowest BCUT2D eigenvalue weighted by atomic mass is 10.2. The Morgan fingerprint density at radius 3 is 2.74 bits per heavy atom. The summed E-state index contributed by atoms with van der Waals surface area (Å²) in [6.45, 7) is 2.12. The zero-order chi connectivity index (χ0) is 20.0. The molecule has 2 rings (SSSR count). The molecule has 1 aromatic carbocycles. The minimum absolute atomic E-state index is 0.0968. The van der Waals surface area contributed by atoms with Crippen molar-refractivity contribution >= 4 is 23.4 Å². The second kappa shape index (κ2) is 8.81. The SMILES string of the molecule is Cc1noc(C)c1CSCC(=O)Nc1ccc(OCC(F)(F)F)c(C#N)c1. The predicted molar refractivity (Wildman–Crippen MR) is 93.5 cm³/mol. The number of aryl methyl sites for hydroxylation is 2. The lowest BCUT2D eigenvalue weighted by molar-refractivity contribution is -0.153. The molecule has 1 amide bonds. The fraction of sp³-hybridized carbons (Fsp3) is 0.353. The Bertz CT molecular complexity index is 840. The third kappa shape index (κ3) is 6.21. The first-order valence-electron chi connectivity index (χ1n) is 7.72. The lowest BCUT2D eigenvalue weighted by Crippen LogP contribution is -2.19. The highest BCUT2D eigenvalue weighted by molar-refractivity contribution is 7.99. The van der Waals surface area contributed by atoms with Gasteiger partial charge in [0, 0.05) is 17.0 Å². The topological polar surface area (TPSA) is 88.2 Å². The molecule has 1 heterocycles. The summed E-state index contributed by atoms with van der Waals surface area (Å²) in [6, 6.07) is 5.62. The molecule has 0 spiro atoms. The molecule has 2 aromatic rings. The molecule has 0 aliphatic rings. The van der Waals surface area contributed by atoms with E-state index in [1.165, 1.54) is 30.0 Å². The van der Waals surface area contributed by atoms with Gasteiger partial charge in [0.1, 0.15) is 17.6 Å². The summed E-state index contributed by atoms with van der Waals surface area (Å²) < 4.78 is 46.3. The molecule has 0 saturated heterocycles. The van der Waals surface area contributed by atoms with E-state index in [2.05, 4.69) is 15.2 Å². The van der Waals surface area contributed by atoms with Gasteiger partial charge in [-0.2, -0.15) is 18.4 Å². The molecule has 0 unspecified atom stereocenters. The van der Waals surface area contributed by atoms with Gasteiger partial charge in [-0.25, -0.2) is 0 Å². The Labute approximate surface area is 157 Å². The Kier molecular flexibility index (Phi) is 6.74. The number of anilines is 1. The first-order chi connectivity index (χ1) is 12.7. The molecule has 10 heteroatoms. The van der Waals surface area contributed by atoms with Crippen molar-refractivity contribution in [3.8, 4) is 11.8 Å². The van der Waals surface area contributed by atoms with Gasteiger partial charge in [-0.15, -0.1) is 11.8 Å². The number of nitrogens with one attached hydrogen (secondary N) is 1. The van der Waals surface area contributed by atoms with Crippen LogP contribution in [0.25, 0.3) is 0 Å². The van der Waals surface area contributed by atoms with Crippen molar-refractivity contribution in [1.82, 2.24) is 5.16 Å². The number of nitriles is 1. The number of ether oxygens (including phenoxy) is 1. The van der Waals surface area contributed by atoms with Crippen molar-refractivity contribution in [2.24, 2.45) is 0 Å². The van der Waals surface area contributed by atoms with Gasteiger partial charge >= 0.3 is 6.18 Å². The van der Waals surface area contributed by atoms with E-state index in [1.807, 2.05) is 6.92 Å². The zero-order valence-electron chi connectivity index (χ0n) is 14.5. The molecular weight excluding hydrogens is 383 g/mol. The maximum absolute atomic E-state index is 12.2. The second-order valence-electron chi connectivity index (χ2n) is 5.57. The van der Waals surface area contributed by atoms with Crippen LogP contribution in [-0.2, 0) is 10.5 Å². The number of benzene rings is 1. The normalized spacial score (nSPS) is 11.1. The zero-order valence-corrected chi connectivity index (χ0v) is 15.3. The number of aromatic nitrogens is 1. The molecule has 0 aliphatic heterocycles. The van der Waals surface area contributed by atoms with Gasteiger partial charge in [-0.1, -0.05) is 5.16 Å². The van der Waals surface area contributed by atoms with Crippen LogP contribution in [-0.4, -0.2) is 29.6 Å². The predicted octanol–water partition coefficient (Wildman–Crippen LogP) is 3.98. The van der Waals surface area contributed by atoms with E-state index in [1.54, 1.807) is 13.0 Å². The van der Waals surface area contributed by atoms with Crippen molar-refractivity contribution in [3.63, 3.8) is 0 Å². The van der Waals surface area contributed by atoms with Gasteiger partial charge in [0.05, 0.1) is 17.0 Å². The Hall–Kier alpha value is -2.67. The van der Waals surface area contributed by atoms with Gasteiger partial charge in [-0.05, 0) is 32.0 Å². The van der Waals surface area contributed by atoms with Crippen molar-refractivity contribution in [1.29, 1.82) is 5.26 Å². The summed E-state index contributed by atoms with van der Waals surface area (Å²) in [5.74, 6) is 0.911. The quantitative estimate of drug-likeness (QED) is 0.758. The number of rotatable bonds is 7. The number of amides is 1. The smallest absolute Gasteiger partial charge is 0.422 e. The van der Waals surface area contributed by atoms with Gasteiger partial charge in [0.15, 0.2) is 6.61 Å². The summed E-state index contributed by atoms with van der Waals surface area (Å²) in [7, 11) is 0. The minimum Gasteiger partial charge on any atom is -0.483 e. The summed E-state index contributed by atoms with van der Waals surface area (Å²) in [5, 5.41) is 15.5. The maximum atomic E-state index is 12.2. The van der Waals surface area contributed by atoms with Crippen LogP contribution in [0.3, 0.4) is 0 Å². The Balaban J connectivity index is 1.90. The number of carbonyl (C=O) groups excluding carboxylic acids is 1. The molecule has 144 valence electrons. The number of alkyl halides is 3. The van der Waals surface area contributed by atoms with Crippen LogP contribution in [0.4, 0.5) is 18.9 Å². The highest BCUT2D eigenvalue weighted by Crippen LogP contribution is 2.25. The number of hydrogen-bond donors (Lipinski definition) is 1. The molecular formula is C17H16F3N3O3S. The Morgan fingerprint density at radius 2 is 2.15 bits per heavy atom. The van der Waals surface area contributed by atoms with E-state index in [0.717, 1.165) is 11.3 Å². The fourth-order valence-corrected chi connectivity index (χ4v) is 3.11. The molecule has 0 aliphatic carbocycles. The molecule has 6 nitrogen and oxygen atoms in total. The first kappa shape index (κ1) is 20.6. The third-order valence-electron chi connectivity index (χ3n) is 3.44. The number of carbonyl (C=O) groups is 1. The van der Waals surface area contributed by atoms with Crippen molar-refractivity contribution in [2.75, 3.05) is 17.7 Å². The second-order valence-corrected chi connectivity index (χ2v) is 6.56. The van der Waals surface area contributed by atoms with Crippen LogP contribution >= 0.6 is 11.8 Å². The van der Waals surface area contributed by atoms with Crippen LogP contribution in [0.5, 0.6) is 5.75 Å². The molecule has 0 atom stereocenters. The maximum Gasteiger partial charge on any atom is 0.422 e. The van der Waals surface area contributed by atoms with E-state index in [0.29, 0.717) is 17.2 Å². The van der Waals surface area contributed by atoms with Gasteiger partial charge in [-0.3, -0.25) is 4.79 Å². The van der Waals surface area contributed by atoms with Crippen LogP contribution in [0, 0.1) is 25.2 Å². The third-order valence-corrected chi connectivity index (χ3v) is 4.39. The van der Waals surface area contributed by atoms with Gasteiger partial charge in [0.2, 0.25) is 5.91 Å². The average molecular weight is 399 g/mol. The number of thioether (sulfide) groups is 1. The summed E-state index contributed by atoms with van der Waals surface area (Å²) in [4.78, 5) is 12.0. The molecule has 27 heavy (non-hydrogen) atoms. The van der Waals surface area contributed by atoms with Gasteiger partial charge < -0.3 is 14.6 Å². The lowest BCUT2D eigenvalue weighted by Gasteiger charge is -2.12.